The van der Waals surface area contributed by atoms with Gasteiger partial charge in [0.25, 0.3) is 5.56 Å². The second-order valence-electron chi connectivity index (χ2n) is 6.27. The summed E-state index contributed by atoms with van der Waals surface area (Å²) in [5, 5.41) is 10.2. The molecule has 4 rings (SSSR count). The first-order valence-electron chi connectivity index (χ1n) is 8.21. The fraction of sp³-hybridized carbons (Fsp3) is 0.105. The quantitative estimate of drug-likeness (QED) is 0.481. The van der Waals surface area contributed by atoms with Crippen LogP contribution in [0.25, 0.3) is 21.1 Å². The van der Waals surface area contributed by atoms with Crippen LogP contribution in [0.2, 0.25) is 5.02 Å². The van der Waals surface area contributed by atoms with E-state index in [1.165, 1.54) is 10.6 Å². The van der Waals surface area contributed by atoms with Crippen LogP contribution >= 0.6 is 22.9 Å². The molecule has 0 amide bonds. The van der Waals surface area contributed by atoms with Crippen molar-refractivity contribution in [1.82, 2.24) is 9.55 Å². The highest BCUT2D eigenvalue weighted by atomic mass is 35.5. The summed E-state index contributed by atoms with van der Waals surface area (Å²) in [7, 11) is 0. The Morgan fingerprint density at radius 1 is 1.17 bits per heavy atom. The number of fused-ring (bicyclic) bond motifs is 2. The van der Waals surface area contributed by atoms with Crippen LogP contribution in [0.1, 0.15) is 10.6 Å². The van der Waals surface area contributed by atoms with Crippen LogP contribution in [0.15, 0.2) is 35.1 Å². The third kappa shape index (κ3) is 3.47. The van der Waals surface area contributed by atoms with Crippen molar-refractivity contribution in [2.24, 2.45) is 0 Å². The molecule has 148 valence electrons. The number of pyridine rings is 1. The van der Waals surface area contributed by atoms with Gasteiger partial charge in [0.1, 0.15) is 16.3 Å². The van der Waals surface area contributed by atoms with Gasteiger partial charge in [-0.2, -0.15) is 0 Å². The van der Waals surface area contributed by atoms with Gasteiger partial charge >= 0.3 is 5.97 Å². The highest BCUT2D eigenvalue weighted by Crippen LogP contribution is 2.29. The molecule has 2 aromatic heterocycles. The summed E-state index contributed by atoms with van der Waals surface area (Å²) < 4.78 is 42.5. The molecule has 0 unspecified atom stereocenters. The molecule has 0 spiro atoms. The van der Waals surface area contributed by atoms with Gasteiger partial charge in [-0.25, -0.2) is 18.2 Å². The Bertz CT molecular complexity index is 1370. The largest absolute Gasteiger partial charge is 0.481 e. The van der Waals surface area contributed by atoms with Crippen LogP contribution < -0.4 is 5.56 Å². The molecule has 0 saturated carbocycles. The standard InChI is InChI=1S/C19H10ClF3N2O3S/c20-10-1-2-13-8(4-10)3-9(5-15(26)27)19(28)25(13)7-14-24-17-16(23)11(21)6-12(22)18(17)29-14/h1-4,6H,5,7H2,(H,26,27). The predicted octanol–water partition coefficient (Wildman–Crippen LogP) is 4.36. The molecule has 0 atom stereocenters. The molecular formula is C19H10ClF3N2O3S. The van der Waals surface area contributed by atoms with E-state index in [1.54, 1.807) is 18.2 Å². The lowest BCUT2D eigenvalue weighted by atomic mass is 10.1. The van der Waals surface area contributed by atoms with Gasteiger partial charge in [0, 0.05) is 22.0 Å². The Kier molecular flexibility index (Phi) is 4.79. The van der Waals surface area contributed by atoms with Crippen LogP contribution in [-0.2, 0) is 17.8 Å². The zero-order valence-electron chi connectivity index (χ0n) is 14.4. The third-order valence-electron chi connectivity index (χ3n) is 4.32. The topological polar surface area (TPSA) is 72.2 Å². The van der Waals surface area contributed by atoms with Crippen molar-refractivity contribution in [2.75, 3.05) is 0 Å². The number of hydrogen-bond donors (Lipinski definition) is 1. The van der Waals surface area contributed by atoms with Gasteiger partial charge in [-0.05, 0) is 24.3 Å². The number of carboxylic acids is 1. The van der Waals surface area contributed by atoms with Crippen molar-refractivity contribution >= 4 is 50.0 Å². The van der Waals surface area contributed by atoms with Crippen LogP contribution in [-0.4, -0.2) is 20.6 Å². The molecule has 4 aromatic rings. The zero-order valence-corrected chi connectivity index (χ0v) is 16.0. The van der Waals surface area contributed by atoms with Gasteiger partial charge in [-0.15, -0.1) is 11.3 Å². The van der Waals surface area contributed by atoms with Gasteiger partial charge in [0.2, 0.25) is 0 Å². The molecule has 0 aliphatic rings. The second kappa shape index (κ2) is 7.16. The third-order valence-corrected chi connectivity index (χ3v) is 5.61. The lowest BCUT2D eigenvalue weighted by Gasteiger charge is -2.11. The van der Waals surface area contributed by atoms with Crippen molar-refractivity contribution in [1.29, 1.82) is 0 Å². The minimum absolute atomic E-state index is 0.0248. The van der Waals surface area contributed by atoms with E-state index < -0.39 is 40.9 Å². The fourth-order valence-electron chi connectivity index (χ4n) is 3.10. The molecule has 0 radical (unpaired) electrons. The molecule has 1 N–H and O–H groups in total. The van der Waals surface area contributed by atoms with E-state index in [1.807, 2.05) is 0 Å². The fourth-order valence-corrected chi connectivity index (χ4v) is 4.23. The van der Waals surface area contributed by atoms with E-state index in [-0.39, 0.29) is 21.8 Å². The average molecular weight is 439 g/mol. The zero-order chi connectivity index (χ0) is 20.9. The number of thiazole rings is 1. The van der Waals surface area contributed by atoms with E-state index in [9.17, 15) is 22.8 Å². The molecule has 0 aliphatic heterocycles. The first kappa shape index (κ1) is 19.4. The summed E-state index contributed by atoms with van der Waals surface area (Å²) in [6, 6.07) is 6.60. The van der Waals surface area contributed by atoms with Crippen molar-refractivity contribution in [3.63, 3.8) is 0 Å². The van der Waals surface area contributed by atoms with E-state index in [0.29, 0.717) is 22.0 Å². The first-order chi connectivity index (χ1) is 13.7. The normalized spacial score (nSPS) is 11.4. The van der Waals surface area contributed by atoms with Crippen LogP contribution in [0.4, 0.5) is 13.2 Å². The molecule has 2 heterocycles. The van der Waals surface area contributed by atoms with E-state index in [0.717, 1.165) is 11.3 Å². The van der Waals surface area contributed by atoms with Crippen molar-refractivity contribution in [3.8, 4) is 0 Å². The summed E-state index contributed by atoms with van der Waals surface area (Å²) in [4.78, 5) is 27.9. The smallest absolute Gasteiger partial charge is 0.308 e. The molecule has 0 saturated heterocycles. The molecule has 0 bridgehead atoms. The predicted molar refractivity (Wildman–Crippen MR) is 103 cm³/mol. The highest BCUT2D eigenvalue weighted by Gasteiger charge is 2.19. The Morgan fingerprint density at radius 3 is 2.66 bits per heavy atom. The number of benzene rings is 2. The number of nitrogens with zero attached hydrogens (tertiary/aromatic N) is 2. The number of aromatic nitrogens is 2. The maximum atomic E-state index is 14.0. The summed E-state index contributed by atoms with van der Waals surface area (Å²) in [5.74, 6) is -4.76. The molecule has 2 aromatic carbocycles. The maximum absolute atomic E-state index is 14.0. The van der Waals surface area contributed by atoms with Gasteiger partial charge in [0.05, 0.1) is 23.2 Å². The highest BCUT2D eigenvalue weighted by molar-refractivity contribution is 7.18. The van der Waals surface area contributed by atoms with Gasteiger partial charge < -0.3 is 9.67 Å². The molecule has 5 nitrogen and oxygen atoms in total. The van der Waals surface area contributed by atoms with Crippen molar-refractivity contribution in [2.45, 2.75) is 13.0 Å². The lowest BCUT2D eigenvalue weighted by Crippen LogP contribution is -2.26. The SMILES string of the molecule is O=C(O)Cc1cc2cc(Cl)ccc2n(Cc2nc3c(F)c(F)cc(F)c3s2)c1=O. The van der Waals surface area contributed by atoms with Gasteiger partial charge in [0.15, 0.2) is 11.6 Å². The molecule has 0 aliphatic carbocycles. The Morgan fingerprint density at radius 2 is 1.93 bits per heavy atom. The van der Waals surface area contributed by atoms with E-state index in [2.05, 4.69) is 4.98 Å². The first-order valence-corrected chi connectivity index (χ1v) is 9.40. The van der Waals surface area contributed by atoms with Crippen LogP contribution in [0.5, 0.6) is 0 Å². The summed E-state index contributed by atoms with van der Waals surface area (Å²) in [6.07, 6.45) is -0.504. The average Bonchev–Trinajstić information content (AvgIpc) is 3.07. The van der Waals surface area contributed by atoms with Crippen LogP contribution in [0, 0.1) is 17.5 Å². The second-order valence-corrected chi connectivity index (χ2v) is 7.79. The molecule has 0 fully saturated rings. The molecule has 29 heavy (non-hydrogen) atoms. The maximum Gasteiger partial charge on any atom is 0.308 e. The van der Waals surface area contributed by atoms with Crippen LogP contribution in [0.3, 0.4) is 0 Å². The molecule has 10 heteroatoms. The number of carboxylic acid groups (broad SMARTS) is 1. The van der Waals surface area contributed by atoms with Crippen molar-refractivity contribution < 1.29 is 23.1 Å². The van der Waals surface area contributed by atoms with E-state index >= 15 is 0 Å². The minimum Gasteiger partial charge on any atom is -0.481 e. The summed E-state index contributed by atoms with van der Waals surface area (Å²) >= 11 is 6.79. The Hall–Kier alpha value is -2.91. The summed E-state index contributed by atoms with van der Waals surface area (Å²) in [5.41, 5.74) is -0.560. The summed E-state index contributed by atoms with van der Waals surface area (Å²) in [6.45, 7) is -0.176. The van der Waals surface area contributed by atoms with Crippen molar-refractivity contribution in [3.05, 3.63) is 73.7 Å². The number of halogens is 4. The Labute approximate surface area is 169 Å². The monoisotopic (exact) mass is 438 g/mol. The number of hydrogen-bond acceptors (Lipinski definition) is 4. The van der Waals surface area contributed by atoms with E-state index in [4.69, 9.17) is 16.7 Å². The number of aliphatic carboxylic acids is 1. The number of carbonyl (C=O) groups is 1. The minimum atomic E-state index is -1.35. The lowest BCUT2D eigenvalue weighted by molar-refractivity contribution is -0.136. The van der Waals surface area contributed by atoms with Gasteiger partial charge in [-0.3, -0.25) is 9.59 Å². The Balaban J connectivity index is 1.92. The molecular weight excluding hydrogens is 429 g/mol. The van der Waals surface area contributed by atoms with Gasteiger partial charge in [-0.1, -0.05) is 11.6 Å². The number of rotatable bonds is 4.